The van der Waals surface area contributed by atoms with E-state index in [0.29, 0.717) is 37.3 Å². The summed E-state index contributed by atoms with van der Waals surface area (Å²) in [6.07, 6.45) is 1.31. The van der Waals surface area contributed by atoms with Gasteiger partial charge >= 0.3 is 17.9 Å². The number of nitrogens with two attached hydrogens (primary N) is 1. The molecule has 3 saturated heterocycles. The van der Waals surface area contributed by atoms with Crippen LogP contribution in [0.1, 0.15) is 24.0 Å². The molecule has 0 aromatic heterocycles. The van der Waals surface area contributed by atoms with E-state index >= 15 is 0 Å². The number of aliphatic carboxylic acids is 1. The number of imide groups is 2. The van der Waals surface area contributed by atoms with Gasteiger partial charge in [0.05, 0.1) is 12.8 Å². The number of esters is 2. The van der Waals surface area contributed by atoms with Gasteiger partial charge in [-0.15, -0.1) is 0 Å². The van der Waals surface area contributed by atoms with E-state index < -0.39 is 30.4 Å². The van der Waals surface area contributed by atoms with Crippen molar-refractivity contribution in [3.8, 4) is 0 Å². The standard InChI is InChI=1S/C15H16N2O6.C11H12N2O2.C4H4O4/c18-12(8-23-9-15(21)22)16-11-3-1-10(2-4-11)7-14(20)17-6-5-13(17)19;12-9-3-1-8(2-4-9)7-11(15)13-6-5-10(13)14;5-3-1-7-2-4(6)8-3/h1-4H,5-9H2,(H,16,18)(H,21,22);1-4H,5-7,12H2;1-2H2. The zero-order valence-electron chi connectivity index (χ0n) is 24.6. The Hall–Kier alpha value is -5.48. The molecule has 2 aromatic rings. The number of anilines is 2. The molecule has 46 heavy (non-hydrogen) atoms. The molecule has 0 atom stereocenters. The maximum Gasteiger partial charge on any atom is 0.339 e. The third kappa shape index (κ3) is 11.5. The quantitative estimate of drug-likeness (QED) is 0.138. The fourth-order valence-electron chi connectivity index (χ4n) is 3.87. The number of carbonyl (C=O) groups excluding carboxylic acids is 7. The summed E-state index contributed by atoms with van der Waals surface area (Å²) in [5, 5.41) is 10.9. The number of amides is 5. The summed E-state index contributed by atoms with van der Waals surface area (Å²) in [7, 11) is 0. The molecule has 5 amide bonds. The van der Waals surface area contributed by atoms with Gasteiger partial charge in [-0.2, -0.15) is 0 Å². The molecule has 0 saturated carbocycles. The number of carboxylic acids is 1. The largest absolute Gasteiger partial charge is 0.480 e. The van der Waals surface area contributed by atoms with E-state index in [-0.39, 0.29) is 56.3 Å². The van der Waals surface area contributed by atoms with Crippen molar-refractivity contribution in [2.24, 2.45) is 0 Å². The van der Waals surface area contributed by atoms with Gasteiger partial charge in [-0.3, -0.25) is 33.8 Å². The Morgan fingerprint density at radius 3 is 1.61 bits per heavy atom. The van der Waals surface area contributed by atoms with Crippen LogP contribution in [0.2, 0.25) is 0 Å². The van der Waals surface area contributed by atoms with Gasteiger partial charge in [0, 0.05) is 37.3 Å². The molecule has 5 rings (SSSR count). The van der Waals surface area contributed by atoms with Crippen LogP contribution in [0, 0.1) is 0 Å². The minimum absolute atomic E-state index is 0.0737. The summed E-state index contributed by atoms with van der Waals surface area (Å²) in [5.41, 5.74) is 8.32. The van der Waals surface area contributed by atoms with E-state index in [1.54, 1.807) is 48.5 Å². The maximum absolute atomic E-state index is 11.8. The van der Waals surface area contributed by atoms with Crippen LogP contribution in [0.3, 0.4) is 0 Å². The van der Waals surface area contributed by atoms with Crippen molar-refractivity contribution < 1.29 is 57.7 Å². The summed E-state index contributed by atoms with van der Waals surface area (Å²) in [4.78, 5) is 90.0. The molecule has 4 N–H and O–H groups in total. The van der Waals surface area contributed by atoms with E-state index in [1.807, 2.05) is 0 Å². The van der Waals surface area contributed by atoms with E-state index in [1.165, 1.54) is 9.80 Å². The Kier molecular flexibility index (Phi) is 13.0. The van der Waals surface area contributed by atoms with Gasteiger partial charge in [0.15, 0.2) is 0 Å². The van der Waals surface area contributed by atoms with Crippen molar-refractivity contribution in [2.45, 2.75) is 25.7 Å². The first kappa shape index (κ1) is 35.0. The highest BCUT2D eigenvalue weighted by Gasteiger charge is 2.30. The second kappa shape index (κ2) is 17.1. The summed E-state index contributed by atoms with van der Waals surface area (Å²) in [6.45, 7) is -0.0699. The molecule has 2 aromatic carbocycles. The molecule has 0 spiro atoms. The van der Waals surface area contributed by atoms with Crippen LogP contribution >= 0.6 is 0 Å². The second-order valence-corrected chi connectivity index (χ2v) is 9.94. The van der Waals surface area contributed by atoms with Gasteiger partial charge < -0.3 is 30.4 Å². The van der Waals surface area contributed by atoms with Crippen LogP contribution in [0.25, 0.3) is 0 Å². The van der Waals surface area contributed by atoms with Crippen LogP contribution in [-0.2, 0) is 65.4 Å². The number of nitrogen functional groups attached to an aromatic ring is 1. The molecular weight excluding hydrogens is 608 g/mol. The van der Waals surface area contributed by atoms with Crippen molar-refractivity contribution in [3.05, 3.63) is 59.7 Å². The van der Waals surface area contributed by atoms with Gasteiger partial charge in [-0.25, -0.2) is 14.4 Å². The lowest BCUT2D eigenvalue weighted by Gasteiger charge is -2.28. The SMILES string of the molecule is Nc1ccc(CC(=O)N2CCC2=O)cc1.O=C(O)COCC(=O)Nc1ccc(CC(=O)N2CCC2=O)cc1.O=C1COCC(=O)O1. The molecule has 3 aliphatic rings. The fourth-order valence-corrected chi connectivity index (χ4v) is 3.87. The third-order valence-corrected chi connectivity index (χ3v) is 6.36. The van der Waals surface area contributed by atoms with Crippen molar-refractivity contribution >= 4 is 58.8 Å². The van der Waals surface area contributed by atoms with E-state index in [0.717, 1.165) is 11.1 Å². The number of hydrogen-bond donors (Lipinski definition) is 3. The number of likely N-dealkylation sites (tertiary alicyclic amines) is 2. The van der Waals surface area contributed by atoms with Gasteiger partial charge in [0.2, 0.25) is 29.5 Å². The molecule has 3 aliphatic heterocycles. The zero-order valence-corrected chi connectivity index (χ0v) is 24.6. The van der Waals surface area contributed by atoms with Gasteiger partial charge in [-0.05, 0) is 35.4 Å². The second-order valence-electron chi connectivity index (χ2n) is 9.94. The van der Waals surface area contributed by atoms with Crippen LogP contribution in [0.4, 0.5) is 11.4 Å². The predicted octanol–water partition coefficient (Wildman–Crippen LogP) is -0.316. The number of nitrogens with one attached hydrogen (secondary N) is 1. The molecule has 3 fully saturated rings. The monoisotopic (exact) mass is 640 g/mol. The lowest BCUT2D eigenvalue weighted by Crippen LogP contribution is -2.48. The van der Waals surface area contributed by atoms with Crippen LogP contribution in [-0.4, -0.2) is 102 Å². The highest BCUT2D eigenvalue weighted by atomic mass is 16.6. The molecule has 0 bridgehead atoms. The summed E-state index contributed by atoms with van der Waals surface area (Å²) < 4.78 is 13.2. The number of carbonyl (C=O) groups is 8. The smallest absolute Gasteiger partial charge is 0.339 e. The number of cyclic esters (lactones) is 2. The number of benzene rings is 2. The number of carboxylic acid groups (broad SMARTS) is 1. The normalized spacial score (nSPS) is 15.1. The first-order valence-corrected chi connectivity index (χ1v) is 13.9. The average molecular weight is 641 g/mol. The highest BCUT2D eigenvalue weighted by molar-refractivity contribution is 6.00. The number of β-lactam (4-membered cyclic amide) rings is 2. The van der Waals surface area contributed by atoms with Crippen LogP contribution in [0.5, 0.6) is 0 Å². The van der Waals surface area contributed by atoms with Crippen molar-refractivity contribution in [3.63, 3.8) is 0 Å². The summed E-state index contributed by atoms with van der Waals surface area (Å²) in [6, 6.07) is 13.7. The van der Waals surface area contributed by atoms with Crippen molar-refractivity contribution in [2.75, 3.05) is 50.6 Å². The lowest BCUT2D eigenvalue weighted by molar-refractivity contribution is -0.174. The van der Waals surface area contributed by atoms with Crippen molar-refractivity contribution in [1.82, 2.24) is 9.80 Å². The number of nitrogens with zero attached hydrogens (tertiary/aromatic N) is 2. The molecule has 0 aliphatic carbocycles. The summed E-state index contributed by atoms with van der Waals surface area (Å²) >= 11 is 0. The fraction of sp³-hybridized carbons (Fsp3) is 0.333. The minimum atomic E-state index is -1.15. The molecule has 16 nitrogen and oxygen atoms in total. The molecule has 3 heterocycles. The van der Waals surface area contributed by atoms with Crippen LogP contribution in [0.15, 0.2) is 48.5 Å². The number of rotatable bonds is 9. The number of ether oxygens (including phenoxy) is 3. The zero-order chi connectivity index (χ0) is 33.6. The Labute approximate surface area is 262 Å². The van der Waals surface area contributed by atoms with Gasteiger partial charge in [0.1, 0.15) is 26.4 Å². The maximum atomic E-state index is 11.8. The molecule has 0 radical (unpaired) electrons. The number of hydrogen-bond acceptors (Lipinski definition) is 12. The third-order valence-electron chi connectivity index (χ3n) is 6.36. The molecule has 0 unspecified atom stereocenters. The van der Waals surface area contributed by atoms with Gasteiger partial charge in [-0.1, -0.05) is 24.3 Å². The summed E-state index contributed by atoms with van der Waals surface area (Å²) in [5.74, 6) is -3.43. The Balaban J connectivity index is 0.000000212. The Morgan fingerprint density at radius 1 is 0.761 bits per heavy atom. The van der Waals surface area contributed by atoms with Crippen LogP contribution < -0.4 is 11.1 Å². The predicted molar refractivity (Wildman–Crippen MR) is 156 cm³/mol. The van der Waals surface area contributed by atoms with Crippen molar-refractivity contribution in [1.29, 1.82) is 0 Å². The van der Waals surface area contributed by atoms with E-state index in [2.05, 4.69) is 19.5 Å². The molecule has 16 heteroatoms. The minimum Gasteiger partial charge on any atom is -0.480 e. The lowest BCUT2D eigenvalue weighted by atomic mass is 10.1. The average Bonchev–Trinajstić information content (AvgIpc) is 2.98. The first-order chi connectivity index (χ1) is 21.9. The first-order valence-electron chi connectivity index (χ1n) is 13.9. The van der Waals surface area contributed by atoms with E-state index in [4.69, 9.17) is 10.8 Å². The van der Waals surface area contributed by atoms with E-state index in [9.17, 15) is 38.4 Å². The topological polar surface area (TPSA) is 229 Å². The highest BCUT2D eigenvalue weighted by Crippen LogP contribution is 2.15. The Morgan fingerprint density at radius 2 is 1.24 bits per heavy atom. The van der Waals surface area contributed by atoms with Gasteiger partial charge in [0.25, 0.3) is 0 Å². The molecule has 244 valence electrons. The Bertz CT molecular complexity index is 1460. The molecular formula is C30H32N4O12.